The molecule has 1 fully saturated rings. The average molecular weight is 408 g/mol. The lowest BCUT2D eigenvalue weighted by molar-refractivity contribution is 0.303. The van der Waals surface area contributed by atoms with Crippen molar-refractivity contribution >= 4 is 19.9 Å². The Labute approximate surface area is 162 Å². The van der Waals surface area contributed by atoms with Crippen LogP contribution in [0.15, 0.2) is 58.3 Å². The van der Waals surface area contributed by atoms with E-state index in [9.17, 15) is 16.8 Å². The van der Waals surface area contributed by atoms with Crippen LogP contribution in [0.2, 0.25) is 0 Å². The first-order valence-electron chi connectivity index (χ1n) is 8.97. The molecule has 0 heterocycles. The number of rotatable bonds is 7. The van der Waals surface area contributed by atoms with Crippen LogP contribution in [0.4, 0.5) is 0 Å². The molecule has 0 radical (unpaired) electrons. The fourth-order valence-corrected chi connectivity index (χ4v) is 5.89. The van der Waals surface area contributed by atoms with Crippen LogP contribution < -0.4 is 0 Å². The number of aryl methyl sites for hydroxylation is 1. The number of benzene rings is 2. The predicted octanol–water partition coefficient (Wildman–Crippen LogP) is 3.39. The molecule has 2 aromatic carbocycles. The third-order valence-electron chi connectivity index (χ3n) is 5.11. The van der Waals surface area contributed by atoms with Crippen molar-refractivity contribution in [3.63, 3.8) is 0 Å². The second-order valence-corrected chi connectivity index (χ2v) is 11.2. The van der Waals surface area contributed by atoms with E-state index < -0.39 is 19.9 Å². The zero-order valence-corrected chi connectivity index (χ0v) is 17.4. The zero-order chi connectivity index (χ0) is 19.8. The summed E-state index contributed by atoms with van der Waals surface area (Å²) in [5, 5.41) is 0. The maximum Gasteiger partial charge on any atom is 0.243 e. The highest BCUT2D eigenvalue weighted by Gasteiger charge is 2.39. The van der Waals surface area contributed by atoms with Gasteiger partial charge in [0.05, 0.1) is 9.79 Å². The van der Waals surface area contributed by atoms with Crippen LogP contribution in [-0.4, -0.2) is 33.4 Å². The van der Waals surface area contributed by atoms with Crippen molar-refractivity contribution in [3.05, 3.63) is 59.7 Å². The molecule has 1 aliphatic carbocycles. The Morgan fingerprint density at radius 2 is 1.67 bits per heavy atom. The Morgan fingerprint density at radius 3 is 2.22 bits per heavy atom. The van der Waals surface area contributed by atoms with Gasteiger partial charge in [0.2, 0.25) is 10.0 Å². The van der Waals surface area contributed by atoms with E-state index >= 15 is 0 Å². The Bertz CT molecular complexity index is 1030. The summed E-state index contributed by atoms with van der Waals surface area (Å²) >= 11 is 0. The van der Waals surface area contributed by atoms with Gasteiger partial charge in [-0.15, -0.1) is 0 Å². The smallest absolute Gasteiger partial charge is 0.224 e. The van der Waals surface area contributed by atoms with E-state index in [2.05, 4.69) is 0 Å². The van der Waals surface area contributed by atoms with Gasteiger partial charge >= 0.3 is 0 Å². The lowest BCUT2D eigenvalue weighted by Gasteiger charge is -2.29. The minimum absolute atomic E-state index is 0.0189. The van der Waals surface area contributed by atoms with Crippen LogP contribution in [0.25, 0.3) is 0 Å². The maximum atomic E-state index is 13.5. The van der Waals surface area contributed by atoms with Crippen LogP contribution in [-0.2, 0) is 26.4 Å². The summed E-state index contributed by atoms with van der Waals surface area (Å²) in [5.41, 5.74) is 1.45. The summed E-state index contributed by atoms with van der Waals surface area (Å²) in [6.45, 7) is 3.90. The minimum Gasteiger partial charge on any atom is -0.224 e. The zero-order valence-electron chi connectivity index (χ0n) is 15.8. The molecule has 0 N–H and O–H groups in total. The molecule has 1 unspecified atom stereocenters. The SMILES string of the molecule is Cc1ccc(S(C)(=O)=O)cc1S(=O)(=O)N(Cc1ccccc1)C(C)C1CC1. The second-order valence-electron chi connectivity index (χ2n) is 7.31. The summed E-state index contributed by atoms with van der Waals surface area (Å²) in [4.78, 5) is 0.0827. The Hall–Kier alpha value is -1.70. The molecule has 1 aliphatic rings. The number of sulfonamides is 1. The van der Waals surface area contributed by atoms with Gasteiger partial charge in [-0.05, 0) is 55.9 Å². The number of nitrogens with zero attached hydrogens (tertiary/aromatic N) is 1. The fourth-order valence-electron chi connectivity index (χ4n) is 3.24. The van der Waals surface area contributed by atoms with Gasteiger partial charge in [0, 0.05) is 18.8 Å². The van der Waals surface area contributed by atoms with Gasteiger partial charge in [0.25, 0.3) is 0 Å². The first-order valence-corrected chi connectivity index (χ1v) is 12.3. The first kappa shape index (κ1) is 20.0. The van der Waals surface area contributed by atoms with Crippen molar-refractivity contribution in [2.45, 2.75) is 49.1 Å². The maximum absolute atomic E-state index is 13.5. The van der Waals surface area contributed by atoms with Crippen molar-refractivity contribution in [1.29, 1.82) is 0 Å². The molecule has 0 bridgehead atoms. The third kappa shape index (κ3) is 4.42. The van der Waals surface area contributed by atoms with E-state index in [0.717, 1.165) is 24.7 Å². The van der Waals surface area contributed by atoms with Crippen LogP contribution in [0.5, 0.6) is 0 Å². The Morgan fingerprint density at radius 1 is 1.04 bits per heavy atom. The van der Waals surface area contributed by atoms with Gasteiger partial charge < -0.3 is 0 Å². The predicted molar refractivity (Wildman–Crippen MR) is 106 cm³/mol. The quantitative estimate of drug-likeness (QED) is 0.705. The lowest BCUT2D eigenvalue weighted by atomic mass is 10.2. The molecule has 27 heavy (non-hydrogen) atoms. The lowest BCUT2D eigenvalue weighted by Crippen LogP contribution is -2.39. The molecule has 0 saturated heterocycles. The van der Waals surface area contributed by atoms with E-state index in [1.807, 2.05) is 37.3 Å². The average Bonchev–Trinajstić information content (AvgIpc) is 3.44. The summed E-state index contributed by atoms with van der Waals surface area (Å²) in [7, 11) is -7.34. The number of hydrogen-bond donors (Lipinski definition) is 0. The van der Waals surface area contributed by atoms with Gasteiger partial charge in [-0.3, -0.25) is 0 Å². The normalized spacial score (nSPS) is 16.4. The fraction of sp³-hybridized carbons (Fsp3) is 0.400. The second kappa shape index (κ2) is 7.37. The van der Waals surface area contributed by atoms with Crippen LogP contribution >= 0.6 is 0 Å². The van der Waals surface area contributed by atoms with Gasteiger partial charge in [-0.2, -0.15) is 4.31 Å². The van der Waals surface area contributed by atoms with Crippen molar-refractivity contribution in [1.82, 2.24) is 4.31 Å². The molecule has 1 saturated carbocycles. The van der Waals surface area contributed by atoms with E-state index in [4.69, 9.17) is 0 Å². The van der Waals surface area contributed by atoms with Crippen molar-refractivity contribution in [3.8, 4) is 0 Å². The standard InChI is InChI=1S/C20H25NO4S2/c1-15-9-12-19(26(3,22)23)13-20(15)27(24,25)21(16(2)18-10-11-18)14-17-7-5-4-6-8-17/h4-9,12-13,16,18H,10-11,14H2,1-3H3. The molecule has 146 valence electrons. The summed E-state index contributed by atoms with van der Waals surface area (Å²) < 4.78 is 52.5. The molecule has 2 aromatic rings. The van der Waals surface area contributed by atoms with Crippen molar-refractivity contribution in [2.24, 2.45) is 5.92 Å². The van der Waals surface area contributed by atoms with Crippen LogP contribution in [0, 0.1) is 12.8 Å². The number of hydrogen-bond acceptors (Lipinski definition) is 4. The first-order chi connectivity index (χ1) is 12.6. The third-order valence-corrected chi connectivity index (χ3v) is 8.30. The minimum atomic E-state index is -3.85. The molecule has 7 heteroatoms. The molecular formula is C20H25NO4S2. The molecule has 0 spiro atoms. The highest BCUT2D eigenvalue weighted by Crippen LogP contribution is 2.38. The van der Waals surface area contributed by atoms with E-state index in [0.29, 0.717) is 11.5 Å². The summed E-state index contributed by atoms with van der Waals surface area (Å²) in [6.07, 6.45) is 3.12. The van der Waals surface area contributed by atoms with Crippen molar-refractivity contribution in [2.75, 3.05) is 6.26 Å². The molecule has 0 aromatic heterocycles. The topological polar surface area (TPSA) is 71.5 Å². The van der Waals surface area contributed by atoms with E-state index in [1.165, 1.54) is 16.4 Å². The van der Waals surface area contributed by atoms with E-state index in [1.54, 1.807) is 13.0 Å². The highest BCUT2D eigenvalue weighted by atomic mass is 32.2. The van der Waals surface area contributed by atoms with Crippen LogP contribution in [0.3, 0.4) is 0 Å². The van der Waals surface area contributed by atoms with Crippen molar-refractivity contribution < 1.29 is 16.8 Å². The van der Waals surface area contributed by atoms with E-state index in [-0.39, 0.29) is 22.4 Å². The molecule has 5 nitrogen and oxygen atoms in total. The van der Waals surface area contributed by atoms with Gasteiger partial charge in [0.1, 0.15) is 0 Å². The highest BCUT2D eigenvalue weighted by molar-refractivity contribution is 7.91. The molecular weight excluding hydrogens is 382 g/mol. The molecule has 0 amide bonds. The molecule has 1 atom stereocenters. The monoisotopic (exact) mass is 407 g/mol. The summed E-state index contributed by atoms with van der Waals surface area (Å²) in [6, 6.07) is 13.6. The Kier molecular flexibility index (Phi) is 5.47. The molecule has 3 rings (SSSR count). The summed E-state index contributed by atoms with van der Waals surface area (Å²) in [5.74, 6) is 0.349. The Balaban J connectivity index is 2.07. The number of sulfone groups is 1. The largest absolute Gasteiger partial charge is 0.243 e. The van der Waals surface area contributed by atoms with Gasteiger partial charge in [-0.25, -0.2) is 16.8 Å². The van der Waals surface area contributed by atoms with Crippen LogP contribution in [0.1, 0.15) is 30.9 Å². The van der Waals surface area contributed by atoms with Gasteiger partial charge in [-0.1, -0.05) is 36.4 Å². The molecule has 0 aliphatic heterocycles. The van der Waals surface area contributed by atoms with Gasteiger partial charge in [0.15, 0.2) is 9.84 Å².